The summed E-state index contributed by atoms with van der Waals surface area (Å²) < 4.78 is 0. The van der Waals surface area contributed by atoms with Crippen LogP contribution in [0.15, 0.2) is 42.5 Å². The monoisotopic (exact) mass is 238 g/mol. The second kappa shape index (κ2) is 4.93. The minimum atomic E-state index is 0.323. The van der Waals surface area contributed by atoms with Crippen molar-refractivity contribution in [1.29, 1.82) is 0 Å². The standard InChI is InChI=1S/C17H18O/c18-17(14-7-1-2-8-14)12-15-10-5-9-13-6-3-4-11-16(13)15/h3-6,9-11,14H,1-2,7-8,12H2. The number of carbonyl (C=O) groups is 1. The Balaban J connectivity index is 1.88. The topological polar surface area (TPSA) is 17.1 Å². The number of Topliss-reactive ketones (excluding diaryl/α,β-unsaturated/α-hetero) is 1. The van der Waals surface area contributed by atoms with Crippen molar-refractivity contribution in [2.75, 3.05) is 0 Å². The van der Waals surface area contributed by atoms with Crippen molar-refractivity contribution >= 4 is 16.6 Å². The lowest BCUT2D eigenvalue weighted by atomic mass is 9.94. The van der Waals surface area contributed by atoms with Crippen LogP contribution in [0.1, 0.15) is 31.2 Å². The molecule has 18 heavy (non-hydrogen) atoms. The lowest BCUT2D eigenvalue weighted by Gasteiger charge is -2.10. The van der Waals surface area contributed by atoms with Crippen molar-refractivity contribution in [1.82, 2.24) is 0 Å². The minimum absolute atomic E-state index is 0.323. The Morgan fingerprint density at radius 3 is 2.56 bits per heavy atom. The van der Waals surface area contributed by atoms with Crippen LogP contribution >= 0.6 is 0 Å². The van der Waals surface area contributed by atoms with Gasteiger partial charge in [0.25, 0.3) is 0 Å². The van der Waals surface area contributed by atoms with E-state index >= 15 is 0 Å². The van der Waals surface area contributed by atoms with Crippen LogP contribution in [0.2, 0.25) is 0 Å². The highest BCUT2D eigenvalue weighted by molar-refractivity contribution is 5.91. The van der Waals surface area contributed by atoms with Gasteiger partial charge in [0.2, 0.25) is 0 Å². The Morgan fingerprint density at radius 1 is 1.00 bits per heavy atom. The number of fused-ring (bicyclic) bond motifs is 1. The summed E-state index contributed by atoms with van der Waals surface area (Å²) in [6.45, 7) is 0. The van der Waals surface area contributed by atoms with Crippen LogP contribution in [0.25, 0.3) is 10.8 Å². The van der Waals surface area contributed by atoms with Crippen LogP contribution in [0.5, 0.6) is 0 Å². The molecule has 1 heteroatoms. The number of hydrogen-bond donors (Lipinski definition) is 0. The Hall–Kier alpha value is -1.63. The predicted octanol–water partition coefficient (Wildman–Crippen LogP) is 4.14. The molecule has 1 aliphatic rings. The summed E-state index contributed by atoms with van der Waals surface area (Å²) in [5.74, 6) is 0.757. The highest BCUT2D eigenvalue weighted by Gasteiger charge is 2.22. The molecule has 0 atom stereocenters. The summed E-state index contributed by atoms with van der Waals surface area (Å²) in [6, 6.07) is 14.6. The van der Waals surface area contributed by atoms with Gasteiger partial charge in [0.15, 0.2) is 0 Å². The Labute approximate surface area is 108 Å². The highest BCUT2D eigenvalue weighted by atomic mass is 16.1. The molecule has 0 aliphatic heterocycles. The largest absolute Gasteiger partial charge is 0.299 e. The first-order valence-electron chi connectivity index (χ1n) is 6.84. The first-order valence-corrected chi connectivity index (χ1v) is 6.84. The molecule has 3 rings (SSSR count). The molecule has 0 aromatic heterocycles. The van der Waals surface area contributed by atoms with E-state index in [0.29, 0.717) is 18.1 Å². The van der Waals surface area contributed by atoms with Crippen LogP contribution in [-0.2, 0) is 11.2 Å². The van der Waals surface area contributed by atoms with E-state index in [4.69, 9.17) is 0 Å². The summed E-state index contributed by atoms with van der Waals surface area (Å²) in [7, 11) is 0. The van der Waals surface area contributed by atoms with E-state index in [1.165, 1.54) is 29.2 Å². The maximum Gasteiger partial charge on any atom is 0.140 e. The molecule has 0 heterocycles. The van der Waals surface area contributed by atoms with E-state index in [0.717, 1.165) is 12.8 Å². The van der Waals surface area contributed by atoms with Gasteiger partial charge >= 0.3 is 0 Å². The van der Waals surface area contributed by atoms with Crippen LogP contribution in [0, 0.1) is 5.92 Å². The van der Waals surface area contributed by atoms with E-state index in [9.17, 15) is 4.79 Å². The molecular formula is C17H18O. The zero-order valence-corrected chi connectivity index (χ0v) is 10.6. The Bertz CT molecular complexity index is 559. The average molecular weight is 238 g/mol. The third kappa shape index (κ3) is 2.17. The van der Waals surface area contributed by atoms with E-state index < -0.39 is 0 Å². The molecule has 0 unspecified atom stereocenters. The van der Waals surface area contributed by atoms with Crippen molar-refractivity contribution in [3.05, 3.63) is 48.0 Å². The van der Waals surface area contributed by atoms with Crippen LogP contribution < -0.4 is 0 Å². The molecule has 1 fully saturated rings. The molecule has 1 saturated carbocycles. The Kier molecular flexibility index (Phi) is 3.14. The summed E-state index contributed by atoms with van der Waals surface area (Å²) in [4.78, 5) is 12.3. The lowest BCUT2D eigenvalue weighted by molar-refractivity contribution is -0.122. The second-order valence-electron chi connectivity index (χ2n) is 5.26. The van der Waals surface area contributed by atoms with E-state index in [2.05, 4.69) is 30.3 Å². The molecule has 0 amide bonds. The number of rotatable bonds is 3. The number of benzene rings is 2. The normalized spacial score (nSPS) is 16.2. The first-order chi connectivity index (χ1) is 8.84. The summed E-state index contributed by atoms with van der Waals surface area (Å²) in [5.41, 5.74) is 1.19. The maximum absolute atomic E-state index is 12.3. The fraction of sp³-hybridized carbons (Fsp3) is 0.353. The molecule has 0 N–H and O–H groups in total. The van der Waals surface area contributed by atoms with Crippen molar-refractivity contribution < 1.29 is 4.79 Å². The van der Waals surface area contributed by atoms with Crippen LogP contribution in [0.4, 0.5) is 0 Å². The van der Waals surface area contributed by atoms with Gasteiger partial charge in [-0.2, -0.15) is 0 Å². The fourth-order valence-electron chi connectivity index (χ4n) is 3.03. The van der Waals surface area contributed by atoms with Gasteiger partial charge in [-0.05, 0) is 29.2 Å². The summed E-state index contributed by atoms with van der Waals surface area (Å²) in [6.07, 6.45) is 5.26. The van der Waals surface area contributed by atoms with Gasteiger partial charge in [-0.1, -0.05) is 55.3 Å². The maximum atomic E-state index is 12.3. The van der Waals surface area contributed by atoms with Gasteiger partial charge in [-0.15, -0.1) is 0 Å². The third-order valence-electron chi connectivity index (χ3n) is 4.06. The van der Waals surface area contributed by atoms with Gasteiger partial charge in [-0.3, -0.25) is 4.79 Å². The zero-order chi connectivity index (χ0) is 12.4. The van der Waals surface area contributed by atoms with E-state index in [1.807, 2.05) is 12.1 Å². The smallest absolute Gasteiger partial charge is 0.140 e. The van der Waals surface area contributed by atoms with E-state index in [-0.39, 0.29) is 0 Å². The second-order valence-corrected chi connectivity index (χ2v) is 5.26. The van der Waals surface area contributed by atoms with Crippen LogP contribution in [0.3, 0.4) is 0 Å². The molecule has 92 valence electrons. The predicted molar refractivity (Wildman–Crippen MR) is 74.6 cm³/mol. The third-order valence-corrected chi connectivity index (χ3v) is 4.06. The molecule has 1 nitrogen and oxygen atoms in total. The lowest BCUT2D eigenvalue weighted by Crippen LogP contribution is -2.13. The van der Waals surface area contributed by atoms with Gasteiger partial charge in [-0.25, -0.2) is 0 Å². The summed E-state index contributed by atoms with van der Waals surface area (Å²) in [5, 5.41) is 2.46. The molecule has 2 aromatic rings. The Morgan fingerprint density at radius 2 is 1.72 bits per heavy atom. The van der Waals surface area contributed by atoms with Gasteiger partial charge in [0, 0.05) is 12.3 Å². The van der Waals surface area contributed by atoms with Crippen molar-refractivity contribution in [3.8, 4) is 0 Å². The highest BCUT2D eigenvalue weighted by Crippen LogP contribution is 2.28. The quantitative estimate of drug-likeness (QED) is 0.785. The summed E-state index contributed by atoms with van der Waals surface area (Å²) >= 11 is 0. The van der Waals surface area contributed by atoms with Gasteiger partial charge < -0.3 is 0 Å². The van der Waals surface area contributed by atoms with Crippen molar-refractivity contribution in [2.24, 2.45) is 5.92 Å². The molecule has 2 aromatic carbocycles. The molecule has 0 saturated heterocycles. The first kappa shape index (κ1) is 11.5. The number of ketones is 1. The molecule has 0 spiro atoms. The molecule has 0 bridgehead atoms. The molecular weight excluding hydrogens is 220 g/mol. The number of hydrogen-bond acceptors (Lipinski definition) is 1. The molecule has 0 radical (unpaired) electrons. The average Bonchev–Trinajstić information content (AvgIpc) is 2.93. The zero-order valence-electron chi connectivity index (χ0n) is 10.6. The van der Waals surface area contributed by atoms with Crippen LogP contribution in [-0.4, -0.2) is 5.78 Å². The SMILES string of the molecule is O=C(Cc1cccc2ccccc12)C1CCCC1. The van der Waals surface area contributed by atoms with Gasteiger partial charge in [0.1, 0.15) is 5.78 Å². The number of carbonyl (C=O) groups excluding carboxylic acids is 1. The van der Waals surface area contributed by atoms with Crippen molar-refractivity contribution in [3.63, 3.8) is 0 Å². The molecule has 1 aliphatic carbocycles. The minimum Gasteiger partial charge on any atom is -0.299 e. The fourth-order valence-corrected chi connectivity index (χ4v) is 3.03. The van der Waals surface area contributed by atoms with Gasteiger partial charge in [0.05, 0.1) is 0 Å². The van der Waals surface area contributed by atoms with Crippen molar-refractivity contribution in [2.45, 2.75) is 32.1 Å². The van der Waals surface area contributed by atoms with E-state index in [1.54, 1.807) is 0 Å².